The summed E-state index contributed by atoms with van der Waals surface area (Å²) in [6.07, 6.45) is 1.18. The van der Waals surface area contributed by atoms with E-state index in [-0.39, 0.29) is 0 Å². The van der Waals surface area contributed by atoms with Gasteiger partial charge in [-0.15, -0.1) is 11.3 Å². The molecule has 86 valence electrons. The summed E-state index contributed by atoms with van der Waals surface area (Å²) < 4.78 is 0. The van der Waals surface area contributed by atoms with E-state index in [1.807, 2.05) is 11.3 Å². The molecule has 2 nitrogen and oxygen atoms in total. The van der Waals surface area contributed by atoms with Crippen LogP contribution in [0.25, 0.3) is 0 Å². The molecule has 2 N–H and O–H groups in total. The first-order valence-corrected chi connectivity index (χ1v) is 6.62. The van der Waals surface area contributed by atoms with Gasteiger partial charge in [-0.3, -0.25) is 4.90 Å². The zero-order chi connectivity index (χ0) is 11.1. The average molecular weight is 226 g/mol. The van der Waals surface area contributed by atoms with Gasteiger partial charge in [0.2, 0.25) is 0 Å². The Kier molecular flexibility index (Phi) is 5.91. The van der Waals surface area contributed by atoms with Crippen LogP contribution in [0.5, 0.6) is 0 Å². The average Bonchev–Trinajstić information content (AvgIpc) is 2.76. The van der Waals surface area contributed by atoms with E-state index in [9.17, 15) is 0 Å². The Balaban J connectivity index is 2.42. The van der Waals surface area contributed by atoms with Gasteiger partial charge < -0.3 is 5.73 Å². The molecule has 0 aliphatic heterocycles. The Labute approximate surface area is 97.1 Å². The number of hydrogen-bond acceptors (Lipinski definition) is 3. The monoisotopic (exact) mass is 226 g/mol. The molecular weight excluding hydrogens is 204 g/mol. The van der Waals surface area contributed by atoms with Crippen LogP contribution in [-0.4, -0.2) is 24.5 Å². The largest absolute Gasteiger partial charge is 0.330 e. The first-order valence-electron chi connectivity index (χ1n) is 5.74. The van der Waals surface area contributed by atoms with Gasteiger partial charge in [-0.1, -0.05) is 26.3 Å². The highest BCUT2D eigenvalue weighted by molar-refractivity contribution is 7.09. The first kappa shape index (κ1) is 12.7. The maximum absolute atomic E-state index is 5.74. The summed E-state index contributed by atoms with van der Waals surface area (Å²) in [5.74, 6) is 0.643. The lowest BCUT2D eigenvalue weighted by Crippen LogP contribution is -2.32. The van der Waals surface area contributed by atoms with Crippen molar-refractivity contribution < 1.29 is 0 Å². The summed E-state index contributed by atoms with van der Waals surface area (Å²) in [5.41, 5.74) is 5.74. The molecule has 1 rings (SSSR count). The Morgan fingerprint density at radius 2 is 2.27 bits per heavy atom. The third-order valence-electron chi connectivity index (χ3n) is 2.83. The molecule has 1 atom stereocenters. The maximum atomic E-state index is 5.74. The predicted molar refractivity (Wildman–Crippen MR) is 68.1 cm³/mol. The summed E-state index contributed by atoms with van der Waals surface area (Å²) in [5, 5.41) is 2.14. The van der Waals surface area contributed by atoms with E-state index in [4.69, 9.17) is 5.73 Å². The van der Waals surface area contributed by atoms with Gasteiger partial charge in [0, 0.05) is 18.0 Å². The molecule has 1 heterocycles. The van der Waals surface area contributed by atoms with Gasteiger partial charge in [-0.2, -0.15) is 0 Å². The molecule has 0 aliphatic rings. The van der Waals surface area contributed by atoms with Crippen molar-refractivity contribution in [3.63, 3.8) is 0 Å². The van der Waals surface area contributed by atoms with Crippen LogP contribution in [0.1, 0.15) is 25.1 Å². The van der Waals surface area contributed by atoms with Crippen molar-refractivity contribution in [2.45, 2.75) is 26.8 Å². The van der Waals surface area contributed by atoms with Crippen molar-refractivity contribution in [2.24, 2.45) is 11.7 Å². The molecule has 0 spiro atoms. The summed E-state index contributed by atoms with van der Waals surface area (Å²) >= 11 is 1.84. The number of hydrogen-bond donors (Lipinski definition) is 1. The highest BCUT2D eigenvalue weighted by atomic mass is 32.1. The SMILES string of the molecule is CCC(CN)CN(CC)Cc1cccs1. The number of thiophene rings is 1. The molecule has 1 aromatic heterocycles. The molecule has 0 amide bonds. The summed E-state index contributed by atoms with van der Waals surface area (Å²) in [7, 11) is 0. The minimum absolute atomic E-state index is 0.643. The molecule has 1 aromatic rings. The summed E-state index contributed by atoms with van der Waals surface area (Å²) in [6.45, 7) is 8.55. The molecule has 0 radical (unpaired) electrons. The minimum Gasteiger partial charge on any atom is -0.330 e. The second-order valence-electron chi connectivity index (χ2n) is 3.92. The van der Waals surface area contributed by atoms with E-state index in [0.29, 0.717) is 5.92 Å². The first-order chi connectivity index (χ1) is 7.30. The van der Waals surface area contributed by atoms with Crippen LogP contribution in [-0.2, 0) is 6.54 Å². The van der Waals surface area contributed by atoms with Crippen molar-refractivity contribution in [2.75, 3.05) is 19.6 Å². The Hall–Kier alpha value is -0.380. The van der Waals surface area contributed by atoms with Gasteiger partial charge in [0.15, 0.2) is 0 Å². The third-order valence-corrected chi connectivity index (χ3v) is 3.69. The normalized spacial score (nSPS) is 13.3. The van der Waals surface area contributed by atoms with Gasteiger partial charge in [0.25, 0.3) is 0 Å². The molecule has 0 fully saturated rings. The van der Waals surface area contributed by atoms with E-state index in [0.717, 1.165) is 26.2 Å². The molecule has 0 aromatic carbocycles. The lowest BCUT2D eigenvalue weighted by Gasteiger charge is -2.24. The van der Waals surface area contributed by atoms with Crippen molar-refractivity contribution >= 4 is 11.3 Å². The van der Waals surface area contributed by atoms with Crippen LogP contribution in [0.4, 0.5) is 0 Å². The van der Waals surface area contributed by atoms with Crippen LogP contribution in [0.2, 0.25) is 0 Å². The fraction of sp³-hybridized carbons (Fsp3) is 0.667. The maximum Gasteiger partial charge on any atom is 0.0327 e. The second-order valence-corrected chi connectivity index (χ2v) is 4.95. The lowest BCUT2D eigenvalue weighted by molar-refractivity contribution is 0.234. The van der Waals surface area contributed by atoms with E-state index in [1.54, 1.807) is 0 Å². The quantitative estimate of drug-likeness (QED) is 0.774. The van der Waals surface area contributed by atoms with E-state index < -0.39 is 0 Å². The zero-order valence-electron chi connectivity index (χ0n) is 9.78. The molecule has 0 aliphatic carbocycles. The fourth-order valence-corrected chi connectivity index (χ4v) is 2.41. The van der Waals surface area contributed by atoms with Crippen LogP contribution >= 0.6 is 11.3 Å². The lowest BCUT2D eigenvalue weighted by atomic mass is 10.1. The van der Waals surface area contributed by atoms with Crippen molar-refractivity contribution in [3.8, 4) is 0 Å². The van der Waals surface area contributed by atoms with Crippen molar-refractivity contribution in [3.05, 3.63) is 22.4 Å². The third kappa shape index (κ3) is 4.33. The van der Waals surface area contributed by atoms with E-state index in [2.05, 4.69) is 36.3 Å². The summed E-state index contributed by atoms with van der Waals surface area (Å²) in [4.78, 5) is 3.93. The van der Waals surface area contributed by atoms with Crippen LogP contribution in [0.15, 0.2) is 17.5 Å². The van der Waals surface area contributed by atoms with Crippen molar-refractivity contribution in [1.82, 2.24) is 4.90 Å². The topological polar surface area (TPSA) is 29.3 Å². The zero-order valence-corrected chi connectivity index (χ0v) is 10.6. The molecule has 1 unspecified atom stereocenters. The van der Waals surface area contributed by atoms with Crippen LogP contribution < -0.4 is 5.73 Å². The molecule has 0 saturated carbocycles. The predicted octanol–water partition coefficient (Wildman–Crippen LogP) is 2.55. The van der Waals surface area contributed by atoms with Crippen LogP contribution in [0, 0.1) is 5.92 Å². The fourth-order valence-electron chi connectivity index (χ4n) is 1.66. The van der Waals surface area contributed by atoms with E-state index in [1.165, 1.54) is 11.3 Å². The molecule has 0 bridgehead atoms. The second kappa shape index (κ2) is 6.99. The van der Waals surface area contributed by atoms with Gasteiger partial charge >= 0.3 is 0 Å². The Morgan fingerprint density at radius 1 is 1.47 bits per heavy atom. The number of nitrogens with two attached hydrogens (primary N) is 1. The van der Waals surface area contributed by atoms with Crippen LogP contribution in [0.3, 0.4) is 0 Å². The molecule has 0 saturated heterocycles. The molecule has 3 heteroatoms. The molecule has 15 heavy (non-hydrogen) atoms. The van der Waals surface area contributed by atoms with Gasteiger partial charge in [-0.05, 0) is 30.5 Å². The van der Waals surface area contributed by atoms with Crippen molar-refractivity contribution in [1.29, 1.82) is 0 Å². The van der Waals surface area contributed by atoms with Gasteiger partial charge in [-0.25, -0.2) is 0 Å². The number of rotatable bonds is 7. The number of nitrogens with zero attached hydrogens (tertiary/aromatic N) is 1. The highest BCUT2D eigenvalue weighted by Gasteiger charge is 2.10. The Bertz CT molecular complexity index is 242. The van der Waals surface area contributed by atoms with E-state index >= 15 is 0 Å². The molecular formula is C12H22N2S. The minimum atomic E-state index is 0.643. The van der Waals surface area contributed by atoms with Gasteiger partial charge in [0.05, 0.1) is 0 Å². The Morgan fingerprint density at radius 3 is 2.73 bits per heavy atom. The highest BCUT2D eigenvalue weighted by Crippen LogP contribution is 2.13. The van der Waals surface area contributed by atoms with Gasteiger partial charge in [0.1, 0.15) is 0 Å². The smallest absolute Gasteiger partial charge is 0.0327 e. The summed E-state index contributed by atoms with van der Waals surface area (Å²) in [6, 6.07) is 4.32. The standard InChI is InChI=1S/C12H22N2S/c1-3-11(8-13)9-14(4-2)10-12-6-5-7-15-12/h5-7,11H,3-4,8-10,13H2,1-2H3.